The maximum absolute atomic E-state index is 5.31. The second-order valence-corrected chi connectivity index (χ2v) is 7.97. The zero-order valence-electron chi connectivity index (χ0n) is 14.9. The van der Waals surface area contributed by atoms with E-state index in [-0.39, 0.29) is 0 Å². The molecule has 0 fully saturated rings. The van der Waals surface area contributed by atoms with Gasteiger partial charge in [-0.25, -0.2) is 0 Å². The first-order valence-electron chi connectivity index (χ1n) is 8.62. The molecule has 7 heteroatoms. The van der Waals surface area contributed by atoms with E-state index in [4.69, 9.17) is 4.74 Å². The van der Waals surface area contributed by atoms with Gasteiger partial charge in [0, 0.05) is 40.0 Å². The third-order valence-electron chi connectivity index (χ3n) is 4.35. The van der Waals surface area contributed by atoms with Crippen molar-refractivity contribution in [2.24, 2.45) is 0 Å². The van der Waals surface area contributed by atoms with Crippen molar-refractivity contribution >= 4 is 38.6 Å². The van der Waals surface area contributed by atoms with Crippen LogP contribution in [0.2, 0.25) is 0 Å². The number of fused-ring (bicyclic) bond motifs is 1. The highest BCUT2D eigenvalue weighted by Gasteiger charge is 2.17. The molecule has 0 amide bonds. The van der Waals surface area contributed by atoms with Crippen molar-refractivity contribution in [3.8, 4) is 11.4 Å². The van der Waals surface area contributed by atoms with Crippen LogP contribution in [0.1, 0.15) is 5.56 Å². The van der Waals surface area contributed by atoms with Crippen molar-refractivity contribution in [1.82, 2.24) is 19.7 Å². The van der Waals surface area contributed by atoms with Gasteiger partial charge in [-0.15, -0.1) is 10.2 Å². The fourth-order valence-corrected chi connectivity index (χ4v) is 4.15. The van der Waals surface area contributed by atoms with E-state index >= 15 is 0 Å². The van der Waals surface area contributed by atoms with E-state index in [2.05, 4.69) is 72.1 Å². The number of aromatic nitrogens is 4. The summed E-state index contributed by atoms with van der Waals surface area (Å²) in [7, 11) is 1.71. The number of para-hydroxylation sites is 1. The lowest BCUT2D eigenvalue weighted by Gasteiger charge is -2.09. The minimum Gasteiger partial charge on any atom is -0.383 e. The third kappa shape index (κ3) is 3.95. The molecule has 0 saturated carbocycles. The summed E-state index contributed by atoms with van der Waals surface area (Å²) in [6.07, 6.45) is 2.00. The number of halogens is 1. The van der Waals surface area contributed by atoms with Crippen molar-refractivity contribution < 1.29 is 4.74 Å². The summed E-state index contributed by atoms with van der Waals surface area (Å²) < 4.78 is 8.53. The van der Waals surface area contributed by atoms with Crippen molar-refractivity contribution in [2.45, 2.75) is 17.5 Å². The van der Waals surface area contributed by atoms with E-state index in [0.717, 1.165) is 37.7 Å². The van der Waals surface area contributed by atoms with E-state index in [1.165, 1.54) is 5.56 Å². The molecule has 2 heterocycles. The lowest BCUT2D eigenvalue weighted by Crippen LogP contribution is -2.07. The number of benzene rings is 2. The van der Waals surface area contributed by atoms with Gasteiger partial charge >= 0.3 is 0 Å². The smallest absolute Gasteiger partial charge is 0.191 e. The average Bonchev–Trinajstić information content (AvgIpc) is 3.29. The Kier molecular flexibility index (Phi) is 5.61. The van der Waals surface area contributed by atoms with Gasteiger partial charge in [-0.05, 0) is 23.8 Å². The number of nitrogens with zero attached hydrogens (tertiary/aromatic N) is 3. The summed E-state index contributed by atoms with van der Waals surface area (Å²) in [5.41, 5.74) is 3.40. The highest BCUT2D eigenvalue weighted by molar-refractivity contribution is 9.10. The van der Waals surface area contributed by atoms with Crippen LogP contribution in [0.25, 0.3) is 22.3 Å². The van der Waals surface area contributed by atoms with Crippen LogP contribution >= 0.6 is 27.7 Å². The Morgan fingerprint density at radius 3 is 2.74 bits per heavy atom. The molecule has 0 bridgehead atoms. The first kappa shape index (κ1) is 18.3. The number of ether oxygens (including phenoxy) is 1. The first-order chi connectivity index (χ1) is 13.3. The maximum atomic E-state index is 5.31. The molecule has 0 unspecified atom stereocenters. The first-order valence-corrected chi connectivity index (χ1v) is 10.4. The number of thioether (sulfide) groups is 1. The molecule has 0 aliphatic heterocycles. The fraction of sp³-hybridized carbons (Fsp3) is 0.200. The van der Waals surface area contributed by atoms with Crippen LogP contribution in [0.5, 0.6) is 0 Å². The molecule has 5 nitrogen and oxygen atoms in total. The molecule has 27 heavy (non-hydrogen) atoms. The molecular weight excluding hydrogens is 424 g/mol. The summed E-state index contributed by atoms with van der Waals surface area (Å²) in [6, 6.07) is 16.6. The molecule has 138 valence electrons. The molecule has 0 radical (unpaired) electrons. The van der Waals surface area contributed by atoms with Crippen LogP contribution < -0.4 is 0 Å². The van der Waals surface area contributed by atoms with Crippen molar-refractivity contribution in [3.63, 3.8) is 0 Å². The predicted molar refractivity (Wildman–Crippen MR) is 113 cm³/mol. The third-order valence-corrected chi connectivity index (χ3v) is 5.91. The minimum absolute atomic E-state index is 0.610. The SMILES string of the molecule is COCCn1c(SCc2ccc(Br)cc2)nnc1-c1c[nH]c2ccccc12. The van der Waals surface area contributed by atoms with Crippen LogP contribution in [-0.2, 0) is 17.0 Å². The van der Waals surface area contributed by atoms with Gasteiger partial charge in [0.2, 0.25) is 0 Å². The molecule has 2 aromatic heterocycles. The lowest BCUT2D eigenvalue weighted by molar-refractivity contribution is 0.185. The Morgan fingerprint density at radius 1 is 1.11 bits per heavy atom. The van der Waals surface area contributed by atoms with Crippen molar-refractivity contribution in [3.05, 3.63) is 64.8 Å². The molecule has 0 saturated heterocycles. The highest BCUT2D eigenvalue weighted by atomic mass is 79.9. The van der Waals surface area contributed by atoms with Gasteiger partial charge in [0.25, 0.3) is 0 Å². The monoisotopic (exact) mass is 442 g/mol. The van der Waals surface area contributed by atoms with Crippen LogP contribution in [0.3, 0.4) is 0 Å². The molecule has 0 atom stereocenters. The van der Waals surface area contributed by atoms with E-state index in [1.807, 2.05) is 18.3 Å². The van der Waals surface area contributed by atoms with Gasteiger partial charge in [-0.3, -0.25) is 4.57 Å². The summed E-state index contributed by atoms with van der Waals surface area (Å²) in [4.78, 5) is 3.32. The second-order valence-electron chi connectivity index (χ2n) is 6.11. The van der Waals surface area contributed by atoms with Crippen LogP contribution in [-0.4, -0.2) is 33.5 Å². The van der Waals surface area contributed by atoms with Crippen LogP contribution in [0, 0.1) is 0 Å². The summed E-state index contributed by atoms with van der Waals surface area (Å²) in [5, 5.41) is 11.0. The highest BCUT2D eigenvalue weighted by Crippen LogP contribution is 2.31. The Bertz CT molecular complexity index is 1040. The van der Waals surface area contributed by atoms with Gasteiger partial charge in [0.05, 0.1) is 13.2 Å². The fourth-order valence-electron chi connectivity index (χ4n) is 2.96. The van der Waals surface area contributed by atoms with Crippen molar-refractivity contribution in [1.29, 1.82) is 0 Å². The lowest BCUT2D eigenvalue weighted by atomic mass is 10.1. The molecule has 1 N–H and O–H groups in total. The number of rotatable bonds is 7. The van der Waals surface area contributed by atoms with Gasteiger partial charge < -0.3 is 9.72 Å². The number of nitrogens with one attached hydrogen (secondary N) is 1. The summed E-state index contributed by atoms with van der Waals surface area (Å²) in [5.74, 6) is 1.70. The van der Waals surface area contributed by atoms with Gasteiger partial charge in [-0.2, -0.15) is 0 Å². The van der Waals surface area contributed by atoms with E-state index in [0.29, 0.717) is 13.2 Å². The number of hydrogen-bond acceptors (Lipinski definition) is 4. The molecule has 4 aromatic rings. The minimum atomic E-state index is 0.610. The Labute approximate surface area is 170 Å². The van der Waals surface area contributed by atoms with E-state index in [9.17, 15) is 0 Å². The molecule has 4 rings (SSSR count). The van der Waals surface area contributed by atoms with Gasteiger partial charge in [0.1, 0.15) is 0 Å². The molecular formula is C20H19BrN4OS. The molecule has 0 spiro atoms. The zero-order chi connectivity index (χ0) is 18.6. The Hall–Kier alpha value is -2.09. The molecule has 2 aromatic carbocycles. The quantitative estimate of drug-likeness (QED) is 0.403. The predicted octanol–water partition coefficient (Wildman–Crippen LogP) is 5.13. The van der Waals surface area contributed by atoms with Crippen LogP contribution in [0.15, 0.2) is 64.4 Å². The maximum Gasteiger partial charge on any atom is 0.191 e. The Morgan fingerprint density at radius 2 is 1.93 bits per heavy atom. The zero-order valence-corrected chi connectivity index (χ0v) is 17.3. The number of hydrogen-bond donors (Lipinski definition) is 1. The number of H-pyrrole nitrogens is 1. The average molecular weight is 443 g/mol. The standard InChI is InChI=1S/C20H19BrN4OS/c1-26-11-10-25-19(17-12-22-18-5-3-2-4-16(17)18)23-24-20(25)27-13-14-6-8-15(21)9-7-14/h2-9,12,22H,10-11,13H2,1H3. The summed E-state index contributed by atoms with van der Waals surface area (Å²) >= 11 is 5.16. The van der Waals surface area contributed by atoms with Gasteiger partial charge in [0.15, 0.2) is 11.0 Å². The number of aromatic amines is 1. The van der Waals surface area contributed by atoms with E-state index in [1.54, 1.807) is 18.9 Å². The number of methoxy groups -OCH3 is 1. The summed E-state index contributed by atoms with van der Waals surface area (Å²) in [6.45, 7) is 1.32. The Balaban J connectivity index is 1.65. The van der Waals surface area contributed by atoms with Gasteiger partial charge in [-0.1, -0.05) is 58.0 Å². The van der Waals surface area contributed by atoms with Crippen molar-refractivity contribution in [2.75, 3.05) is 13.7 Å². The second kappa shape index (κ2) is 8.29. The van der Waals surface area contributed by atoms with Crippen LogP contribution in [0.4, 0.5) is 0 Å². The molecule has 0 aliphatic rings. The normalized spacial score (nSPS) is 11.3. The molecule has 0 aliphatic carbocycles. The topological polar surface area (TPSA) is 55.7 Å². The van der Waals surface area contributed by atoms with E-state index < -0.39 is 0 Å². The largest absolute Gasteiger partial charge is 0.383 e.